The summed E-state index contributed by atoms with van der Waals surface area (Å²) in [5.41, 5.74) is -2.08. The average Bonchev–Trinajstić information content (AvgIpc) is 2.44. The number of aliphatic hydroxyl groups is 1. The molecule has 6 N–H and O–H groups in total. The van der Waals surface area contributed by atoms with Crippen LogP contribution in [-0.4, -0.2) is 30.6 Å². The Morgan fingerprint density at radius 3 is 1.55 bits per heavy atom. The van der Waals surface area contributed by atoms with Crippen LogP contribution in [0.3, 0.4) is 0 Å². The Morgan fingerprint density at radius 2 is 1.10 bits per heavy atom. The number of phenols is 5. The molecule has 106 valence electrons. The smallest absolute Gasteiger partial charge is 0.208 e. The minimum atomic E-state index is -1.89. The van der Waals surface area contributed by atoms with Crippen LogP contribution >= 0.6 is 0 Å². The van der Waals surface area contributed by atoms with Crippen LogP contribution in [0.2, 0.25) is 0 Å². The lowest BCUT2D eigenvalue weighted by Crippen LogP contribution is -2.23. The van der Waals surface area contributed by atoms with Gasteiger partial charge in [0.05, 0.1) is 5.56 Å². The van der Waals surface area contributed by atoms with Gasteiger partial charge in [0.15, 0.2) is 11.5 Å². The summed E-state index contributed by atoms with van der Waals surface area (Å²) in [6.07, 6.45) is 0. The molecular formula is C14H14O6. The number of hydrogen-bond acceptors (Lipinski definition) is 6. The van der Waals surface area contributed by atoms with Gasteiger partial charge in [-0.05, 0) is 12.5 Å². The van der Waals surface area contributed by atoms with E-state index in [1.54, 1.807) is 30.3 Å². The first kappa shape index (κ1) is 13.8. The van der Waals surface area contributed by atoms with Crippen molar-refractivity contribution >= 4 is 0 Å². The van der Waals surface area contributed by atoms with Crippen LogP contribution < -0.4 is 0 Å². The lowest BCUT2D eigenvalue weighted by Gasteiger charge is -2.27. The van der Waals surface area contributed by atoms with E-state index < -0.39 is 39.9 Å². The molecule has 1 atom stereocenters. The molecule has 2 aromatic carbocycles. The minimum Gasteiger partial charge on any atom is -0.504 e. The van der Waals surface area contributed by atoms with Crippen molar-refractivity contribution in [2.24, 2.45) is 0 Å². The number of rotatable bonds is 2. The van der Waals surface area contributed by atoms with Gasteiger partial charge < -0.3 is 30.6 Å². The molecule has 0 aromatic heterocycles. The zero-order valence-corrected chi connectivity index (χ0v) is 10.6. The van der Waals surface area contributed by atoms with Crippen LogP contribution in [0.4, 0.5) is 0 Å². The second kappa shape index (κ2) is 4.50. The van der Waals surface area contributed by atoms with Crippen LogP contribution in [0, 0.1) is 0 Å². The molecule has 20 heavy (non-hydrogen) atoms. The molecule has 0 spiro atoms. The lowest BCUT2D eigenvalue weighted by atomic mass is 9.86. The van der Waals surface area contributed by atoms with Crippen molar-refractivity contribution in [3.8, 4) is 28.7 Å². The highest BCUT2D eigenvalue weighted by atomic mass is 16.4. The van der Waals surface area contributed by atoms with Crippen LogP contribution in [-0.2, 0) is 5.60 Å². The van der Waals surface area contributed by atoms with Gasteiger partial charge in [-0.2, -0.15) is 0 Å². The normalized spacial score (nSPS) is 13.9. The summed E-state index contributed by atoms with van der Waals surface area (Å²) >= 11 is 0. The fourth-order valence-corrected chi connectivity index (χ4v) is 2.05. The largest absolute Gasteiger partial charge is 0.504 e. The monoisotopic (exact) mass is 278 g/mol. The van der Waals surface area contributed by atoms with Crippen LogP contribution in [0.25, 0.3) is 0 Å². The van der Waals surface area contributed by atoms with Gasteiger partial charge in [0, 0.05) is 0 Å². The molecule has 0 aliphatic rings. The van der Waals surface area contributed by atoms with E-state index in [1.165, 1.54) is 6.92 Å². The van der Waals surface area contributed by atoms with E-state index in [9.17, 15) is 30.6 Å². The topological polar surface area (TPSA) is 121 Å². The minimum absolute atomic E-state index is 0.315. The van der Waals surface area contributed by atoms with E-state index in [2.05, 4.69) is 0 Å². The third kappa shape index (κ3) is 1.86. The molecule has 0 fully saturated rings. The number of phenolic OH excluding ortho intramolecular Hbond substituents is 5. The number of hydrogen-bond donors (Lipinski definition) is 6. The van der Waals surface area contributed by atoms with Gasteiger partial charge >= 0.3 is 0 Å². The van der Waals surface area contributed by atoms with E-state index in [0.29, 0.717) is 5.56 Å². The molecule has 2 aromatic rings. The van der Waals surface area contributed by atoms with E-state index >= 15 is 0 Å². The Balaban J connectivity index is 2.76. The van der Waals surface area contributed by atoms with Gasteiger partial charge in [-0.3, -0.25) is 0 Å². The molecule has 0 amide bonds. The molecular weight excluding hydrogens is 264 g/mol. The standard InChI is InChI=1S/C14H14O6/c1-14(20,7-5-3-2-4-6-7)8-9(15)11(17)13(19)12(18)10(8)16/h2-6,15-20H,1H3. The van der Waals surface area contributed by atoms with E-state index in [4.69, 9.17) is 0 Å². The molecule has 0 heterocycles. The van der Waals surface area contributed by atoms with Crippen molar-refractivity contribution in [2.75, 3.05) is 0 Å². The second-order valence-corrected chi connectivity index (χ2v) is 4.56. The Hall–Kier alpha value is -2.60. The van der Waals surface area contributed by atoms with Crippen molar-refractivity contribution < 1.29 is 30.6 Å². The predicted molar refractivity (Wildman–Crippen MR) is 69.9 cm³/mol. The highest BCUT2D eigenvalue weighted by molar-refractivity contribution is 5.69. The van der Waals surface area contributed by atoms with Crippen LogP contribution in [0.5, 0.6) is 28.7 Å². The van der Waals surface area contributed by atoms with Crippen molar-refractivity contribution in [3.05, 3.63) is 41.5 Å². The first-order valence-electron chi connectivity index (χ1n) is 5.75. The molecule has 0 aliphatic heterocycles. The maximum Gasteiger partial charge on any atom is 0.208 e. The fraction of sp³-hybridized carbons (Fsp3) is 0.143. The Kier molecular flexibility index (Phi) is 3.11. The molecule has 1 unspecified atom stereocenters. The van der Waals surface area contributed by atoms with Crippen molar-refractivity contribution in [1.29, 1.82) is 0 Å². The lowest BCUT2D eigenvalue weighted by molar-refractivity contribution is 0.0945. The number of benzene rings is 2. The highest BCUT2D eigenvalue weighted by Crippen LogP contribution is 2.54. The summed E-state index contributed by atoms with van der Waals surface area (Å²) < 4.78 is 0. The third-order valence-corrected chi connectivity index (χ3v) is 3.19. The third-order valence-electron chi connectivity index (χ3n) is 3.19. The van der Waals surface area contributed by atoms with E-state index in [1.807, 2.05) is 0 Å². The quantitative estimate of drug-likeness (QED) is 0.365. The molecule has 0 saturated carbocycles. The van der Waals surface area contributed by atoms with E-state index in [-0.39, 0.29) is 0 Å². The first-order chi connectivity index (χ1) is 9.28. The predicted octanol–water partition coefficient (Wildman–Crippen LogP) is 1.47. The van der Waals surface area contributed by atoms with Crippen LogP contribution in [0.1, 0.15) is 18.1 Å². The summed E-state index contributed by atoms with van der Waals surface area (Å²) in [4.78, 5) is 0. The SMILES string of the molecule is CC(O)(c1ccccc1)c1c(O)c(O)c(O)c(O)c1O. The summed E-state index contributed by atoms with van der Waals surface area (Å²) in [7, 11) is 0. The zero-order chi connectivity index (χ0) is 15.1. The van der Waals surface area contributed by atoms with Gasteiger partial charge in [-0.25, -0.2) is 0 Å². The highest BCUT2D eigenvalue weighted by Gasteiger charge is 2.36. The van der Waals surface area contributed by atoms with Crippen molar-refractivity contribution in [2.45, 2.75) is 12.5 Å². The van der Waals surface area contributed by atoms with Crippen molar-refractivity contribution in [3.63, 3.8) is 0 Å². The van der Waals surface area contributed by atoms with E-state index in [0.717, 1.165) is 0 Å². The molecule has 0 radical (unpaired) electrons. The fourth-order valence-electron chi connectivity index (χ4n) is 2.05. The Bertz CT molecular complexity index is 619. The molecule has 0 saturated heterocycles. The molecule has 0 bridgehead atoms. The molecule has 0 aliphatic carbocycles. The average molecular weight is 278 g/mol. The first-order valence-corrected chi connectivity index (χ1v) is 5.75. The van der Waals surface area contributed by atoms with Gasteiger partial charge in [-0.15, -0.1) is 0 Å². The molecule has 2 rings (SSSR count). The summed E-state index contributed by atoms with van der Waals surface area (Å²) in [6, 6.07) is 8.07. The molecule has 6 heteroatoms. The van der Waals surface area contributed by atoms with Crippen LogP contribution in [0.15, 0.2) is 30.3 Å². The number of aromatic hydroxyl groups is 5. The van der Waals surface area contributed by atoms with Gasteiger partial charge in [0.2, 0.25) is 17.2 Å². The van der Waals surface area contributed by atoms with Gasteiger partial charge in [-0.1, -0.05) is 30.3 Å². The summed E-state index contributed by atoms with van der Waals surface area (Å²) in [6.45, 7) is 1.27. The summed E-state index contributed by atoms with van der Waals surface area (Å²) in [5, 5.41) is 58.6. The molecule has 6 nitrogen and oxygen atoms in total. The maximum absolute atomic E-state index is 10.5. The Labute approximate surface area is 114 Å². The summed E-state index contributed by atoms with van der Waals surface area (Å²) in [5.74, 6) is -4.93. The second-order valence-electron chi connectivity index (χ2n) is 4.56. The zero-order valence-electron chi connectivity index (χ0n) is 10.6. The van der Waals surface area contributed by atoms with Crippen molar-refractivity contribution in [1.82, 2.24) is 0 Å². The Morgan fingerprint density at radius 1 is 0.700 bits per heavy atom. The van der Waals surface area contributed by atoms with Gasteiger partial charge in [0.25, 0.3) is 0 Å². The maximum atomic E-state index is 10.5. The van der Waals surface area contributed by atoms with Gasteiger partial charge in [0.1, 0.15) is 5.60 Å².